The van der Waals surface area contributed by atoms with E-state index in [1.54, 1.807) is 6.20 Å². The third kappa shape index (κ3) is 5.45. The number of nitrogens with zero attached hydrogens (tertiary/aromatic N) is 6. The first kappa shape index (κ1) is 28.7. The normalized spacial score (nSPS) is 16.4. The van der Waals surface area contributed by atoms with Crippen molar-refractivity contribution >= 4 is 73.2 Å². The van der Waals surface area contributed by atoms with E-state index in [2.05, 4.69) is 71.9 Å². The maximum atomic E-state index is 16.6. The van der Waals surface area contributed by atoms with E-state index < -0.39 is 5.82 Å². The number of hydrogen-bond donors (Lipinski definition) is 1. The van der Waals surface area contributed by atoms with Crippen molar-refractivity contribution in [3.8, 4) is 29.6 Å². The van der Waals surface area contributed by atoms with Gasteiger partial charge < -0.3 is 4.74 Å². The van der Waals surface area contributed by atoms with Crippen LogP contribution in [0.25, 0.3) is 32.9 Å². The van der Waals surface area contributed by atoms with Gasteiger partial charge in [0.1, 0.15) is 17.8 Å². The minimum atomic E-state index is -0.521. The van der Waals surface area contributed by atoms with Crippen LogP contribution >= 0.6 is 45.7 Å². The summed E-state index contributed by atoms with van der Waals surface area (Å²) >= 11 is 4.42. The van der Waals surface area contributed by atoms with Crippen LogP contribution in [0.15, 0.2) is 42.6 Å². The molecule has 6 rings (SSSR count). The molecular formula is C30H30FI2N7O. The van der Waals surface area contributed by atoms with Gasteiger partial charge in [-0.15, -0.1) is 6.42 Å². The third-order valence-electron chi connectivity index (χ3n) is 8.21. The Labute approximate surface area is 267 Å². The summed E-state index contributed by atoms with van der Waals surface area (Å²) < 4.78 is 26.8. The van der Waals surface area contributed by atoms with E-state index in [1.165, 1.54) is 12.8 Å². The highest BCUT2D eigenvalue weighted by atomic mass is 127. The second-order valence-corrected chi connectivity index (χ2v) is 12.8. The summed E-state index contributed by atoms with van der Waals surface area (Å²) in [7, 11) is 1.87. The van der Waals surface area contributed by atoms with Gasteiger partial charge in [-0.05, 0) is 57.3 Å². The van der Waals surface area contributed by atoms with Crippen LogP contribution in [0.4, 0.5) is 10.2 Å². The third-order valence-corrected chi connectivity index (χ3v) is 10.1. The zero-order valence-corrected chi connectivity index (χ0v) is 27.0. The number of hydrogen-bond acceptors (Lipinski definition) is 8. The van der Waals surface area contributed by atoms with Crippen LogP contribution in [0.1, 0.15) is 31.2 Å². The Balaban J connectivity index is 1.45. The van der Waals surface area contributed by atoms with Gasteiger partial charge in [0.05, 0.1) is 33.8 Å². The standard InChI is InChI=1S/C30H30FI2N7O/c1-3-20-8-4-9-21-10-5-11-22(24(20)21)26-25(31)27-23(18-35-26)28(39(32)16-17-40(33)34-2)37-29(36-27)41-19-30-12-6-14-38(30)15-7-13-30/h1,4-5,8-11,18,34H,6-7,12-17,19H2,2H3. The first-order valence-corrected chi connectivity index (χ1v) is 15.6. The maximum absolute atomic E-state index is 16.6. The molecule has 0 amide bonds. The summed E-state index contributed by atoms with van der Waals surface area (Å²) in [4.78, 5) is 16.6. The molecule has 11 heteroatoms. The monoisotopic (exact) mass is 777 g/mol. The molecule has 4 aromatic rings. The van der Waals surface area contributed by atoms with Crippen LogP contribution < -0.4 is 13.3 Å². The lowest BCUT2D eigenvalue weighted by Crippen LogP contribution is -2.43. The number of anilines is 1. The molecule has 0 aliphatic carbocycles. The largest absolute Gasteiger partial charge is 0.461 e. The highest BCUT2D eigenvalue weighted by molar-refractivity contribution is 14.1. The fraction of sp³-hybridized carbons (Fsp3) is 0.367. The quantitative estimate of drug-likeness (QED) is 0.0975. The van der Waals surface area contributed by atoms with Gasteiger partial charge in [0, 0.05) is 58.7 Å². The minimum Gasteiger partial charge on any atom is -0.461 e. The molecule has 0 spiro atoms. The molecule has 1 N–H and O–H groups in total. The van der Waals surface area contributed by atoms with E-state index in [0.29, 0.717) is 42.0 Å². The molecule has 2 aliphatic rings. The van der Waals surface area contributed by atoms with Crippen molar-refractivity contribution in [2.45, 2.75) is 31.2 Å². The average molecular weight is 777 g/mol. The lowest BCUT2D eigenvalue weighted by Gasteiger charge is -2.31. The van der Waals surface area contributed by atoms with E-state index in [9.17, 15) is 0 Å². The molecule has 0 radical (unpaired) electrons. The second kappa shape index (κ2) is 12.1. The fourth-order valence-electron chi connectivity index (χ4n) is 6.17. The predicted octanol–water partition coefficient (Wildman–Crippen LogP) is 5.92. The number of ether oxygens (including phenoxy) is 1. The van der Waals surface area contributed by atoms with Gasteiger partial charge in [-0.3, -0.25) is 13.0 Å². The van der Waals surface area contributed by atoms with E-state index in [-0.39, 0.29) is 22.8 Å². The van der Waals surface area contributed by atoms with E-state index >= 15 is 4.39 Å². The Bertz CT molecular complexity index is 1630. The highest BCUT2D eigenvalue weighted by Crippen LogP contribution is 2.40. The SMILES string of the molecule is C#Cc1cccc2cccc(-c3ncc4c(N(I)CCN(I)NC)nc(OCC56CCCN5CCC6)nc4c3F)c12. The second-order valence-electron chi connectivity index (χ2n) is 10.5. The van der Waals surface area contributed by atoms with Crippen LogP contribution in [0.2, 0.25) is 0 Å². The van der Waals surface area contributed by atoms with Crippen molar-refractivity contribution in [1.29, 1.82) is 0 Å². The molecular weight excluding hydrogens is 747 g/mol. The molecule has 212 valence electrons. The molecule has 2 fully saturated rings. The lowest BCUT2D eigenvalue weighted by molar-refractivity contribution is 0.108. The van der Waals surface area contributed by atoms with Gasteiger partial charge in [-0.1, -0.05) is 36.3 Å². The summed E-state index contributed by atoms with van der Waals surface area (Å²) in [5, 5.41) is 2.24. The Morgan fingerprint density at radius 2 is 1.88 bits per heavy atom. The summed E-state index contributed by atoms with van der Waals surface area (Å²) in [5.74, 6) is 2.79. The van der Waals surface area contributed by atoms with Crippen LogP contribution in [-0.4, -0.2) is 68.4 Å². The topological polar surface area (TPSA) is 69.7 Å². The molecule has 2 aliphatic heterocycles. The number of nitrogens with one attached hydrogen (secondary N) is 1. The van der Waals surface area contributed by atoms with Crippen molar-refractivity contribution in [3.05, 3.63) is 54.0 Å². The highest BCUT2D eigenvalue weighted by Gasteiger charge is 2.45. The molecule has 0 atom stereocenters. The Morgan fingerprint density at radius 1 is 1.12 bits per heavy atom. The number of aromatic nitrogens is 3. The van der Waals surface area contributed by atoms with Crippen LogP contribution in [0, 0.1) is 18.2 Å². The Kier molecular flexibility index (Phi) is 8.46. The number of rotatable bonds is 9. The minimum absolute atomic E-state index is 0.0214. The molecule has 4 heterocycles. The maximum Gasteiger partial charge on any atom is 0.319 e. The molecule has 2 aromatic carbocycles. The van der Waals surface area contributed by atoms with Gasteiger partial charge in [0.2, 0.25) is 0 Å². The van der Waals surface area contributed by atoms with Gasteiger partial charge in [-0.25, -0.2) is 9.82 Å². The van der Waals surface area contributed by atoms with E-state index in [1.807, 2.05) is 49.8 Å². The summed E-state index contributed by atoms with van der Waals surface area (Å²) in [5.41, 5.74) is 4.81. The van der Waals surface area contributed by atoms with Gasteiger partial charge >= 0.3 is 6.01 Å². The van der Waals surface area contributed by atoms with Crippen LogP contribution in [0.3, 0.4) is 0 Å². The Morgan fingerprint density at radius 3 is 2.61 bits per heavy atom. The molecule has 0 bridgehead atoms. The van der Waals surface area contributed by atoms with E-state index in [4.69, 9.17) is 16.1 Å². The number of terminal acetylenes is 1. The van der Waals surface area contributed by atoms with Crippen LogP contribution in [-0.2, 0) is 0 Å². The molecule has 41 heavy (non-hydrogen) atoms. The smallest absolute Gasteiger partial charge is 0.319 e. The number of benzene rings is 2. The van der Waals surface area contributed by atoms with Gasteiger partial charge in [0.15, 0.2) is 11.6 Å². The van der Waals surface area contributed by atoms with Gasteiger partial charge in [-0.2, -0.15) is 13.2 Å². The fourth-order valence-corrected chi connectivity index (χ4v) is 6.97. The summed E-state index contributed by atoms with van der Waals surface area (Å²) in [6, 6.07) is 11.6. The van der Waals surface area contributed by atoms with Crippen molar-refractivity contribution in [2.24, 2.45) is 0 Å². The molecule has 2 aromatic heterocycles. The number of pyridine rings is 1. The van der Waals surface area contributed by atoms with Crippen molar-refractivity contribution in [2.75, 3.05) is 42.9 Å². The lowest BCUT2D eigenvalue weighted by atomic mass is 9.95. The number of fused-ring (bicyclic) bond motifs is 3. The predicted molar refractivity (Wildman–Crippen MR) is 178 cm³/mol. The molecule has 8 nitrogen and oxygen atoms in total. The first-order valence-electron chi connectivity index (χ1n) is 13.7. The van der Waals surface area contributed by atoms with E-state index in [0.717, 1.165) is 36.7 Å². The number of hydrazine groups is 1. The van der Waals surface area contributed by atoms with Crippen molar-refractivity contribution in [1.82, 2.24) is 28.5 Å². The number of halogens is 3. The average Bonchev–Trinajstić information content (AvgIpc) is 3.59. The Hall–Kier alpha value is -2.38. The first-order chi connectivity index (χ1) is 19.9. The van der Waals surface area contributed by atoms with Crippen molar-refractivity contribution < 1.29 is 9.13 Å². The van der Waals surface area contributed by atoms with Crippen LogP contribution in [0.5, 0.6) is 6.01 Å². The summed E-state index contributed by atoms with van der Waals surface area (Å²) in [6.07, 6.45) is 12.0. The zero-order chi connectivity index (χ0) is 28.6. The molecule has 2 saturated heterocycles. The van der Waals surface area contributed by atoms with Gasteiger partial charge in [0.25, 0.3) is 0 Å². The summed E-state index contributed by atoms with van der Waals surface area (Å²) in [6.45, 7) is 4.03. The molecule has 0 saturated carbocycles. The molecule has 0 unspecified atom stereocenters. The zero-order valence-electron chi connectivity index (χ0n) is 22.7. The van der Waals surface area contributed by atoms with Crippen molar-refractivity contribution in [3.63, 3.8) is 0 Å².